The second kappa shape index (κ2) is 20.3. The minimum atomic E-state index is -0.362. The first kappa shape index (κ1) is 23.6. The normalized spacial score (nSPS) is 10.3. The van der Waals surface area contributed by atoms with Gasteiger partial charge < -0.3 is 2.85 Å². The molecular formula is C18H41AlMg. The van der Waals surface area contributed by atoms with Crippen molar-refractivity contribution < 1.29 is 2.85 Å². The summed E-state index contributed by atoms with van der Waals surface area (Å²) in [6, 6.07) is 0. The van der Waals surface area contributed by atoms with Gasteiger partial charge in [-0.05, 0) is 0 Å². The van der Waals surface area contributed by atoms with Crippen LogP contribution in [0.3, 0.4) is 0 Å². The molecule has 2 heteroatoms. The van der Waals surface area contributed by atoms with Crippen molar-refractivity contribution in [3.8, 4) is 0 Å². The van der Waals surface area contributed by atoms with Gasteiger partial charge in [-0.2, -0.15) is 0 Å². The van der Waals surface area contributed by atoms with E-state index in [4.69, 9.17) is 0 Å². The van der Waals surface area contributed by atoms with E-state index in [2.05, 4.69) is 20.8 Å². The summed E-state index contributed by atoms with van der Waals surface area (Å²) in [5.74, 6) is 0. The third-order valence-electron chi connectivity index (χ3n) is 4.40. The predicted octanol–water partition coefficient (Wildman–Crippen LogP) is 7.07. The molecule has 0 N–H and O–H groups in total. The zero-order valence-corrected chi connectivity index (χ0v) is 17.5. The Morgan fingerprint density at radius 2 is 0.800 bits per heavy atom. The fourth-order valence-corrected chi connectivity index (χ4v) is 6.48. The van der Waals surface area contributed by atoms with E-state index in [0.717, 1.165) is 0 Å². The maximum Gasteiger partial charge on any atom is 2.00 e. The van der Waals surface area contributed by atoms with E-state index in [1.807, 2.05) is 0 Å². The van der Waals surface area contributed by atoms with E-state index in [1.165, 1.54) is 57.8 Å². The minimum Gasteiger partial charge on any atom is -1.00 e. The number of unbranched alkanes of at least 4 members (excludes halogenated alkanes) is 9. The van der Waals surface area contributed by atoms with E-state index in [9.17, 15) is 0 Å². The molecule has 0 aliphatic carbocycles. The van der Waals surface area contributed by atoms with Crippen molar-refractivity contribution in [1.82, 2.24) is 0 Å². The van der Waals surface area contributed by atoms with Crippen molar-refractivity contribution in [1.29, 1.82) is 0 Å². The molecule has 0 unspecified atom stereocenters. The molecule has 0 rings (SSSR count). The van der Waals surface area contributed by atoms with Crippen molar-refractivity contribution in [2.75, 3.05) is 0 Å². The zero-order chi connectivity index (χ0) is 14.2. The van der Waals surface area contributed by atoms with Gasteiger partial charge in [0.05, 0.1) is 0 Å². The van der Waals surface area contributed by atoms with Crippen LogP contribution in [0.1, 0.15) is 101 Å². The first-order valence-electron chi connectivity index (χ1n) is 9.35. The number of hydrogen-bond donors (Lipinski definition) is 0. The Hall–Kier alpha value is 1.30. The van der Waals surface area contributed by atoms with Crippen LogP contribution in [0.15, 0.2) is 0 Å². The average molecular weight is 309 g/mol. The van der Waals surface area contributed by atoms with Gasteiger partial charge in [0.2, 0.25) is 0 Å². The SMILES string of the molecule is CCCCC[CH2][Al]([CH2]CCCCC)[CH2]CCCCC.[H-].[H-].[Mg+2]. The molecule has 0 saturated heterocycles. The molecule has 20 heavy (non-hydrogen) atoms. The molecule has 0 bridgehead atoms. The Kier molecular flexibility index (Phi) is 23.9. The third kappa shape index (κ3) is 17.4. The van der Waals surface area contributed by atoms with Crippen LogP contribution < -0.4 is 0 Å². The van der Waals surface area contributed by atoms with Crippen LogP contribution in [0.5, 0.6) is 0 Å². The molecule has 0 aromatic rings. The van der Waals surface area contributed by atoms with Crippen LogP contribution in [0.2, 0.25) is 15.8 Å². The van der Waals surface area contributed by atoms with Crippen LogP contribution in [-0.4, -0.2) is 37.2 Å². The van der Waals surface area contributed by atoms with E-state index in [1.54, 1.807) is 35.1 Å². The summed E-state index contributed by atoms with van der Waals surface area (Å²) in [6.45, 7) is 6.97. The van der Waals surface area contributed by atoms with Gasteiger partial charge >= 0.3 is 23.1 Å². The van der Waals surface area contributed by atoms with E-state index >= 15 is 0 Å². The van der Waals surface area contributed by atoms with Crippen LogP contribution in [0, 0.1) is 0 Å². The Balaban J connectivity index is -0.000000540. The van der Waals surface area contributed by atoms with Gasteiger partial charge in [0.1, 0.15) is 0 Å². The van der Waals surface area contributed by atoms with Gasteiger partial charge in [0.15, 0.2) is 0 Å². The number of hydrogen-bond acceptors (Lipinski definition) is 0. The zero-order valence-electron chi connectivity index (χ0n) is 16.9. The number of rotatable bonds is 15. The van der Waals surface area contributed by atoms with E-state index < -0.39 is 0 Å². The minimum absolute atomic E-state index is 0. The van der Waals surface area contributed by atoms with E-state index in [-0.39, 0.29) is 40.1 Å². The summed E-state index contributed by atoms with van der Waals surface area (Å²) in [7, 11) is 0. The molecule has 0 radical (unpaired) electrons. The Morgan fingerprint density at radius 3 is 1.05 bits per heavy atom. The van der Waals surface area contributed by atoms with Gasteiger partial charge in [-0.1, -0.05) is 114 Å². The molecule has 0 aromatic carbocycles. The molecule has 0 fully saturated rings. The van der Waals surface area contributed by atoms with Crippen molar-refractivity contribution in [2.45, 2.75) is 114 Å². The largest absolute Gasteiger partial charge is 2.00 e. The standard InChI is InChI=1S/3C6H13.Al.Mg.2H/c3*1-3-5-6-4-2;;;;/h3*1,3-6H2,2H3;;;;/q;;;;+2;2*-1. The Labute approximate surface area is 153 Å². The summed E-state index contributed by atoms with van der Waals surface area (Å²) in [4.78, 5) is 0. The topological polar surface area (TPSA) is 0 Å². The Bertz CT molecular complexity index is 143. The quantitative estimate of drug-likeness (QED) is 0.224. The molecule has 0 spiro atoms. The summed E-state index contributed by atoms with van der Waals surface area (Å²) >= 11 is -0.362. The average Bonchev–Trinajstić information content (AvgIpc) is 2.43. The van der Waals surface area contributed by atoms with E-state index in [0.29, 0.717) is 0 Å². The maximum atomic E-state index is 2.32. The Morgan fingerprint density at radius 1 is 0.500 bits per heavy atom. The third-order valence-corrected chi connectivity index (χ3v) is 8.07. The van der Waals surface area contributed by atoms with Crippen molar-refractivity contribution in [3.05, 3.63) is 0 Å². The van der Waals surface area contributed by atoms with Gasteiger partial charge in [-0.15, -0.1) is 0 Å². The molecular weight excluding hydrogens is 267 g/mol. The molecule has 0 amide bonds. The fourth-order valence-electron chi connectivity index (χ4n) is 3.01. The molecule has 0 atom stereocenters. The van der Waals surface area contributed by atoms with Gasteiger partial charge in [-0.25, -0.2) is 0 Å². The first-order chi connectivity index (χ1) is 9.35. The van der Waals surface area contributed by atoms with Crippen LogP contribution >= 0.6 is 0 Å². The van der Waals surface area contributed by atoms with Crippen molar-refractivity contribution >= 4 is 37.2 Å². The monoisotopic (exact) mass is 308 g/mol. The van der Waals surface area contributed by atoms with Gasteiger partial charge in [-0.3, -0.25) is 0 Å². The van der Waals surface area contributed by atoms with Crippen molar-refractivity contribution in [2.24, 2.45) is 0 Å². The molecule has 0 heterocycles. The summed E-state index contributed by atoms with van der Waals surface area (Å²) < 4.78 is 0. The summed E-state index contributed by atoms with van der Waals surface area (Å²) in [5.41, 5.74) is 0. The van der Waals surface area contributed by atoms with Crippen LogP contribution in [0.25, 0.3) is 0 Å². The molecule has 0 saturated carbocycles. The molecule has 0 aliphatic rings. The first-order valence-corrected chi connectivity index (χ1v) is 11.8. The van der Waals surface area contributed by atoms with Gasteiger partial charge in [0.25, 0.3) is 14.1 Å². The van der Waals surface area contributed by atoms with Crippen molar-refractivity contribution in [3.63, 3.8) is 0 Å². The van der Waals surface area contributed by atoms with Crippen LogP contribution in [-0.2, 0) is 0 Å². The molecule has 118 valence electrons. The van der Waals surface area contributed by atoms with Gasteiger partial charge in [0, 0.05) is 0 Å². The fraction of sp³-hybridized carbons (Fsp3) is 1.00. The second-order valence-electron chi connectivity index (χ2n) is 6.41. The second-order valence-corrected chi connectivity index (χ2v) is 9.88. The summed E-state index contributed by atoms with van der Waals surface area (Å²) in [6.07, 6.45) is 17.7. The summed E-state index contributed by atoms with van der Waals surface area (Å²) in [5, 5.41) is 4.95. The molecule has 0 aliphatic heterocycles. The van der Waals surface area contributed by atoms with Crippen LogP contribution in [0.4, 0.5) is 0 Å². The molecule has 0 nitrogen and oxygen atoms in total. The molecule has 0 aromatic heterocycles. The maximum absolute atomic E-state index is 2.32. The predicted molar refractivity (Wildman–Crippen MR) is 101 cm³/mol. The smallest absolute Gasteiger partial charge is 1.00 e.